The Labute approximate surface area is 272 Å². The van der Waals surface area contributed by atoms with Gasteiger partial charge in [-0.25, -0.2) is 0 Å². The topological polar surface area (TPSA) is 99.6 Å². The minimum atomic E-state index is -0.809. The van der Waals surface area contributed by atoms with Gasteiger partial charge in [-0.05, 0) is 43.6 Å². The molecule has 45 heavy (non-hydrogen) atoms. The highest BCUT2D eigenvalue weighted by Gasteiger charge is 2.77. The van der Waals surface area contributed by atoms with Gasteiger partial charge in [0.1, 0.15) is 6.04 Å². The van der Waals surface area contributed by atoms with Crippen LogP contribution in [0.5, 0.6) is 0 Å². The number of aliphatic hydroxyl groups excluding tert-OH is 1. The lowest BCUT2D eigenvalue weighted by atomic mass is 9.66. The number of allylic oxidation sites excluding steroid dienone is 1. The molecule has 1 aromatic carbocycles. The van der Waals surface area contributed by atoms with Crippen molar-refractivity contribution in [2.45, 2.75) is 61.1 Å². The van der Waals surface area contributed by atoms with Crippen LogP contribution in [-0.2, 0) is 30.3 Å². The molecule has 2 amide bonds. The summed E-state index contributed by atoms with van der Waals surface area (Å²) in [6.45, 7) is 14.3. The third kappa shape index (κ3) is 6.75. The molecule has 4 fully saturated rings. The van der Waals surface area contributed by atoms with Gasteiger partial charge in [-0.3, -0.25) is 19.3 Å². The summed E-state index contributed by atoms with van der Waals surface area (Å²) in [6, 6.07) is 8.33. The number of hydrogen-bond donors (Lipinski definition) is 1. The molecule has 0 radical (unpaired) electrons. The molecule has 10 heteroatoms. The van der Waals surface area contributed by atoms with Gasteiger partial charge >= 0.3 is 5.97 Å². The number of hydrogen-bond acceptors (Lipinski definition) is 8. The molecule has 0 aromatic heterocycles. The smallest absolute Gasteiger partial charge is 0.310 e. The second-order valence-corrected chi connectivity index (χ2v) is 14.4. The van der Waals surface area contributed by atoms with Crippen LogP contribution in [0.1, 0.15) is 38.2 Å². The molecule has 4 saturated heterocycles. The summed E-state index contributed by atoms with van der Waals surface area (Å²) in [5.41, 5.74) is 0.973. The van der Waals surface area contributed by atoms with Gasteiger partial charge in [-0.1, -0.05) is 49.4 Å². The van der Waals surface area contributed by atoms with Gasteiger partial charge in [0, 0.05) is 38.0 Å². The second kappa shape index (κ2) is 15.3. The van der Waals surface area contributed by atoms with Crippen LogP contribution < -0.4 is 0 Å². The number of aliphatic hydroxyl groups is 1. The first-order valence-electron chi connectivity index (χ1n) is 16.5. The monoisotopic (exact) mass is 639 g/mol. The predicted octanol–water partition coefficient (Wildman–Crippen LogP) is 3.17. The van der Waals surface area contributed by atoms with Gasteiger partial charge in [-0.2, -0.15) is 0 Å². The van der Waals surface area contributed by atoms with E-state index in [0.29, 0.717) is 45.9 Å². The number of morpholine rings is 1. The number of carbonyl (C=O) groups is 3. The Morgan fingerprint density at radius 3 is 2.64 bits per heavy atom. The van der Waals surface area contributed by atoms with E-state index in [2.05, 4.69) is 25.0 Å². The van der Waals surface area contributed by atoms with E-state index in [-0.39, 0.29) is 35.6 Å². The molecule has 4 heterocycles. The Kier molecular flexibility index (Phi) is 11.4. The first-order valence-corrected chi connectivity index (χ1v) is 17.4. The molecule has 1 aromatic rings. The maximum absolute atomic E-state index is 14.9. The van der Waals surface area contributed by atoms with Crippen LogP contribution >= 0.6 is 11.8 Å². The molecule has 4 aliphatic rings. The number of benzene rings is 1. The normalized spacial score (nSPS) is 29.8. The molecule has 0 saturated carbocycles. The molecule has 3 unspecified atom stereocenters. The van der Waals surface area contributed by atoms with Crippen LogP contribution in [0.2, 0.25) is 0 Å². The van der Waals surface area contributed by atoms with E-state index in [1.807, 2.05) is 41.3 Å². The predicted molar refractivity (Wildman–Crippen MR) is 176 cm³/mol. The molecule has 0 aliphatic carbocycles. The SMILES string of the molecule is C=CCCCCOC(=O)[C@@H]1[C@H]2C(=O)N([C@@H](CO)Cc3ccccc3)C(C(=O)N(CC=C)CCN3CCOCC3)C23S[C@@H]1CC3C. The molecule has 4 aliphatic heterocycles. The second-order valence-electron chi connectivity index (χ2n) is 12.8. The van der Waals surface area contributed by atoms with Gasteiger partial charge in [0.05, 0.1) is 49.1 Å². The Morgan fingerprint density at radius 2 is 1.96 bits per heavy atom. The number of nitrogens with zero attached hydrogens (tertiary/aromatic N) is 3. The van der Waals surface area contributed by atoms with Gasteiger partial charge in [-0.15, -0.1) is 24.9 Å². The Hall–Kier alpha value is -2.66. The summed E-state index contributed by atoms with van der Waals surface area (Å²) >= 11 is 1.64. The van der Waals surface area contributed by atoms with Gasteiger partial charge in [0.25, 0.3) is 0 Å². The maximum Gasteiger partial charge on any atom is 0.310 e. The molecule has 2 bridgehead atoms. The van der Waals surface area contributed by atoms with E-state index in [9.17, 15) is 19.5 Å². The van der Waals surface area contributed by atoms with Crippen molar-refractivity contribution in [2.24, 2.45) is 17.8 Å². The van der Waals surface area contributed by atoms with Crippen molar-refractivity contribution in [3.8, 4) is 0 Å². The van der Waals surface area contributed by atoms with Crippen LogP contribution in [0.4, 0.5) is 0 Å². The molecule has 9 nitrogen and oxygen atoms in total. The van der Waals surface area contributed by atoms with E-state index in [1.54, 1.807) is 22.7 Å². The maximum atomic E-state index is 14.9. The fourth-order valence-electron chi connectivity index (χ4n) is 7.90. The van der Waals surface area contributed by atoms with Crippen molar-refractivity contribution in [3.63, 3.8) is 0 Å². The Morgan fingerprint density at radius 1 is 1.20 bits per heavy atom. The number of thioether (sulfide) groups is 1. The summed E-state index contributed by atoms with van der Waals surface area (Å²) < 4.78 is 10.5. The number of fused-ring (bicyclic) bond motifs is 1. The van der Waals surface area contributed by atoms with Crippen molar-refractivity contribution in [2.75, 3.05) is 59.2 Å². The summed E-state index contributed by atoms with van der Waals surface area (Å²) in [5, 5.41) is 10.7. The molecule has 1 N–H and O–H groups in total. The number of carbonyl (C=O) groups excluding carboxylic acids is 3. The first kappa shape index (κ1) is 33.7. The van der Waals surface area contributed by atoms with E-state index in [0.717, 1.165) is 44.3 Å². The van der Waals surface area contributed by atoms with E-state index in [4.69, 9.17) is 9.47 Å². The zero-order valence-corrected chi connectivity index (χ0v) is 27.4. The number of unbranched alkanes of at least 4 members (excludes halogenated alkanes) is 2. The number of amides is 2. The van der Waals surface area contributed by atoms with E-state index >= 15 is 0 Å². The molecular formula is C35H49N3O6S. The highest BCUT2D eigenvalue weighted by atomic mass is 32.2. The molecular weight excluding hydrogens is 590 g/mol. The number of likely N-dealkylation sites (tertiary alicyclic amines) is 1. The van der Waals surface area contributed by atoms with Crippen molar-refractivity contribution < 1.29 is 29.0 Å². The molecule has 5 rings (SSSR count). The summed E-state index contributed by atoms with van der Waals surface area (Å²) in [5.74, 6) is -1.96. The zero-order chi connectivity index (χ0) is 32.0. The van der Waals surface area contributed by atoms with Crippen molar-refractivity contribution >= 4 is 29.5 Å². The number of rotatable bonds is 16. The molecule has 7 atom stereocenters. The minimum Gasteiger partial charge on any atom is -0.465 e. The van der Waals surface area contributed by atoms with E-state index in [1.165, 1.54) is 0 Å². The van der Waals surface area contributed by atoms with Gasteiger partial charge in [0.15, 0.2) is 0 Å². The summed E-state index contributed by atoms with van der Waals surface area (Å²) in [4.78, 5) is 49.0. The summed E-state index contributed by atoms with van der Waals surface area (Å²) in [7, 11) is 0. The van der Waals surface area contributed by atoms with Gasteiger partial charge < -0.3 is 24.4 Å². The van der Waals surface area contributed by atoms with E-state index < -0.39 is 28.7 Å². The largest absolute Gasteiger partial charge is 0.465 e. The lowest BCUT2D eigenvalue weighted by molar-refractivity contribution is -0.155. The molecule has 246 valence electrons. The highest BCUT2D eigenvalue weighted by molar-refractivity contribution is 8.02. The Balaban J connectivity index is 1.47. The van der Waals surface area contributed by atoms with Crippen molar-refractivity contribution in [1.29, 1.82) is 0 Å². The fourth-order valence-corrected chi connectivity index (χ4v) is 10.3. The average molecular weight is 640 g/mol. The third-order valence-corrected chi connectivity index (χ3v) is 12.2. The van der Waals surface area contributed by atoms with Crippen molar-refractivity contribution in [1.82, 2.24) is 14.7 Å². The zero-order valence-electron chi connectivity index (χ0n) is 26.6. The lowest BCUT2D eigenvalue weighted by Gasteiger charge is -2.42. The number of ether oxygens (including phenoxy) is 2. The van der Waals surface area contributed by atoms with Gasteiger partial charge in [0.2, 0.25) is 11.8 Å². The quantitative estimate of drug-likeness (QED) is 0.167. The standard InChI is InChI=1S/C35H49N3O6S/c1-4-6-7-11-19-44-34(42)29-28-22-25(3)35(45-28)30(29)32(40)38(27(24-39)23-26-12-9-8-10-13-26)31(35)33(41)37(14-5-2)16-15-36-17-20-43-21-18-36/h4-5,8-10,12-13,25,27-31,39H,1-2,6-7,11,14-24H2,3H3/t25?,27-,28-,29+,30+,31?,35?/m1/s1. The third-order valence-electron chi connectivity index (χ3n) is 10.1. The van der Waals surface area contributed by atoms with Crippen LogP contribution in [0, 0.1) is 17.8 Å². The highest BCUT2D eigenvalue weighted by Crippen LogP contribution is 2.69. The van der Waals surface area contributed by atoms with Crippen LogP contribution in [0.3, 0.4) is 0 Å². The molecule has 1 spiro atoms. The fraction of sp³-hybridized carbons (Fsp3) is 0.629. The number of esters is 1. The lowest BCUT2D eigenvalue weighted by Crippen LogP contribution is -2.60. The summed E-state index contributed by atoms with van der Waals surface area (Å²) in [6.07, 6.45) is 7.21. The minimum absolute atomic E-state index is 0.0259. The Bertz CT molecular complexity index is 1210. The van der Waals surface area contributed by atoms with Crippen molar-refractivity contribution in [3.05, 3.63) is 61.2 Å². The van der Waals surface area contributed by atoms with Crippen LogP contribution in [-0.4, -0.2) is 119 Å². The first-order chi connectivity index (χ1) is 21.9. The average Bonchev–Trinajstić information content (AvgIpc) is 3.66. The van der Waals surface area contributed by atoms with Crippen LogP contribution in [0.25, 0.3) is 0 Å². The van der Waals surface area contributed by atoms with Crippen LogP contribution in [0.15, 0.2) is 55.6 Å².